The summed E-state index contributed by atoms with van der Waals surface area (Å²) in [5, 5.41) is 10.9. The number of fused-ring (bicyclic) bond motifs is 1. The van der Waals surface area contributed by atoms with Crippen LogP contribution in [-0.2, 0) is 6.61 Å². The van der Waals surface area contributed by atoms with Crippen LogP contribution in [0, 0.1) is 10.1 Å². The topological polar surface area (TPSA) is 70.8 Å². The number of nitrogens with zero attached hydrogens (tertiary/aromatic N) is 1. The van der Waals surface area contributed by atoms with Crippen LogP contribution in [0.5, 0.6) is 17.2 Å². The molecule has 1 aliphatic rings. The molecule has 0 radical (unpaired) electrons. The number of nitro groups is 1. The van der Waals surface area contributed by atoms with Gasteiger partial charge in [-0.3, -0.25) is 10.1 Å². The molecule has 0 fully saturated rings. The first-order chi connectivity index (χ1) is 10.1. The molecule has 2 aromatic rings. The van der Waals surface area contributed by atoms with Gasteiger partial charge in [-0.05, 0) is 39.7 Å². The molecule has 3 rings (SSSR count). The predicted molar refractivity (Wildman–Crippen MR) is 77.7 cm³/mol. The van der Waals surface area contributed by atoms with Gasteiger partial charge in [0.15, 0.2) is 11.5 Å². The number of rotatable bonds is 4. The van der Waals surface area contributed by atoms with E-state index in [2.05, 4.69) is 15.9 Å². The Morgan fingerprint density at radius 2 is 2.00 bits per heavy atom. The number of benzene rings is 2. The fourth-order valence-corrected chi connectivity index (χ4v) is 2.31. The first kappa shape index (κ1) is 13.7. The lowest BCUT2D eigenvalue weighted by Crippen LogP contribution is -1.97. The van der Waals surface area contributed by atoms with E-state index in [-0.39, 0.29) is 19.1 Å². The van der Waals surface area contributed by atoms with E-state index in [0.29, 0.717) is 27.3 Å². The molecule has 2 aromatic carbocycles. The summed E-state index contributed by atoms with van der Waals surface area (Å²) in [7, 11) is 0. The molecule has 0 amide bonds. The molecule has 0 saturated carbocycles. The SMILES string of the molecule is O=[N+]([O-])c1cc(COc2ccc3c(c2)OCO3)ccc1Br. The number of ether oxygens (including phenoxy) is 3. The molecule has 0 spiro atoms. The Kier molecular flexibility index (Phi) is 3.66. The van der Waals surface area contributed by atoms with Crippen LogP contribution < -0.4 is 14.2 Å². The average Bonchev–Trinajstić information content (AvgIpc) is 2.93. The molecule has 21 heavy (non-hydrogen) atoms. The lowest BCUT2D eigenvalue weighted by Gasteiger charge is -2.07. The summed E-state index contributed by atoms with van der Waals surface area (Å²) in [5.74, 6) is 1.93. The van der Waals surface area contributed by atoms with E-state index in [0.717, 1.165) is 0 Å². The highest BCUT2D eigenvalue weighted by atomic mass is 79.9. The monoisotopic (exact) mass is 351 g/mol. The van der Waals surface area contributed by atoms with Gasteiger partial charge in [0.05, 0.1) is 9.40 Å². The Morgan fingerprint density at radius 1 is 1.19 bits per heavy atom. The Hall–Kier alpha value is -2.28. The third-order valence-electron chi connectivity index (χ3n) is 2.96. The minimum atomic E-state index is -0.436. The van der Waals surface area contributed by atoms with Crippen molar-refractivity contribution >= 4 is 21.6 Å². The fraction of sp³-hybridized carbons (Fsp3) is 0.143. The van der Waals surface area contributed by atoms with Crippen LogP contribution in [-0.4, -0.2) is 11.7 Å². The van der Waals surface area contributed by atoms with Gasteiger partial charge in [0.1, 0.15) is 12.4 Å². The number of nitro benzene ring substituents is 1. The Morgan fingerprint density at radius 3 is 2.81 bits per heavy atom. The van der Waals surface area contributed by atoms with E-state index in [4.69, 9.17) is 14.2 Å². The maximum absolute atomic E-state index is 10.9. The molecule has 0 aliphatic carbocycles. The van der Waals surface area contributed by atoms with E-state index in [1.54, 1.807) is 30.3 Å². The molecular weight excluding hydrogens is 342 g/mol. The number of halogens is 1. The molecule has 1 heterocycles. The summed E-state index contributed by atoms with van der Waals surface area (Å²) in [6.45, 7) is 0.436. The second-order valence-corrected chi connectivity index (χ2v) is 5.20. The zero-order valence-corrected chi connectivity index (χ0v) is 12.3. The summed E-state index contributed by atoms with van der Waals surface area (Å²) in [5.41, 5.74) is 0.726. The van der Waals surface area contributed by atoms with Crippen LogP contribution in [0.1, 0.15) is 5.56 Å². The first-order valence-electron chi connectivity index (χ1n) is 6.09. The van der Waals surface area contributed by atoms with Crippen molar-refractivity contribution in [2.45, 2.75) is 6.61 Å². The lowest BCUT2D eigenvalue weighted by atomic mass is 10.2. The molecular formula is C14H10BrNO5. The van der Waals surface area contributed by atoms with E-state index in [1.165, 1.54) is 6.07 Å². The maximum Gasteiger partial charge on any atom is 0.283 e. The average molecular weight is 352 g/mol. The van der Waals surface area contributed by atoms with Gasteiger partial charge in [-0.25, -0.2) is 0 Å². The largest absolute Gasteiger partial charge is 0.489 e. The van der Waals surface area contributed by atoms with Crippen molar-refractivity contribution < 1.29 is 19.1 Å². The van der Waals surface area contributed by atoms with Crippen molar-refractivity contribution in [3.05, 3.63) is 56.5 Å². The molecule has 0 bridgehead atoms. The van der Waals surface area contributed by atoms with Crippen LogP contribution >= 0.6 is 15.9 Å². The molecule has 108 valence electrons. The van der Waals surface area contributed by atoms with Crippen molar-refractivity contribution in [1.82, 2.24) is 0 Å². The van der Waals surface area contributed by atoms with Gasteiger partial charge in [0, 0.05) is 12.1 Å². The quantitative estimate of drug-likeness (QED) is 0.620. The van der Waals surface area contributed by atoms with Crippen molar-refractivity contribution in [2.75, 3.05) is 6.79 Å². The van der Waals surface area contributed by atoms with Gasteiger partial charge in [-0.15, -0.1) is 0 Å². The van der Waals surface area contributed by atoms with Crippen LogP contribution in [0.3, 0.4) is 0 Å². The van der Waals surface area contributed by atoms with Gasteiger partial charge in [-0.1, -0.05) is 6.07 Å². The summed E-state index contributed by atoms with van der Waals surface area (Å²) in [6, 6.07) is 10.1. The third kappa shape index (κ3) is 2.92. The molecule has 0 aromatic heterocycles. The summed E-state index contributed by atoms with van der Waals surface area (Å²) < 4.78 is 16.5. The highest BCUT2D eigenvalue weighted by molar-refractivity contribution is 9.10. The normalized spacial score (nSPS) is 12.2. The van der Waals surface area contributed by atoms with E-state index < -0.39 is 4.92 Å². The minimum Gasteiger partial charge on any atom is -0.489 e. The van der Waals surface area contributed by atoms with Gasteiger partial charge in [0.2, 0.25) is 6.79 Å². The van der Waals surface area contributed by atoms with E-state index in [1.807, 2.05) is 0 Å². The number of hydrogen-bond donors (Lipinski definition) is 0. The Balaban J connectivity index is 1.73. The fourth-order valence-electron chi connectivity index (χ4n) is 1.92. The van der Waals surface area contributed by atoms with Crippen molar-refractivity contribution in [3.63, 3.8) is 0 Å². The molecule has 7 heteroatoms. The van der Waals surface area contributed by atoms with Gasteiger partial charge < -0.3 is 14.2 Å². The van der Waals surface area contributed by atoms with Gasteiger partial charge in [-0.2, -0.15) is 0 Å². The first-order valence-corrected chi connectivity index (χ1v) is 6.88. The molecule has 0 unspecified atom stereocenters. The van der Waals surface area contributed by atoms with Gasteiger partial charge in [0.25, 0.3) is 5.69 Å². The molecule has 6 nitrogen and oxygen atoms in total. The molecule has 0 saturated heterocycles. The van der Waals surface area contributed by atoms with Crippen molar-refractivity contribution in [3.8, 4) is 17.2 Å². The van der Waals surface area contributed by atoms with Crippen LogP contribution in [0.2, 0.25) is 0 Å². The molecule has 0 atom stereocenters. The lowest BCUT2D eigenvalue weighted by molar-refractivity contribution is -0.385. The molecule has 1 aliphatic heterocycles. The van der Waals surface area contributed by atoms with Crippen LogP contribution in [0.25, 0.3) is 0 Å². The molecule has 0 N–H and O–H groups in total. The zero-order chi connectivity index (χ0) is 14.8. The Labute approximate surface area is 128 Å². The summed E-state index contributed by atoms with van der Waals surface area (Å²) >= 11 is 3.15. The highest BCUT2D eigenvalue weighted by Gasteiger charge is 2.15. The van der Waals surface area contributed by atoms with Crippen molar-refractivity contribution in [1.29, 1.82) is 0 Å². The van der Waals surface area contributed by atoms with Gasteiger partial charge >= 0.3 is 0 Å². The van der Waals surface area contributed by atoms with E-state index >= 15 is 0 Å². The zero-order valence-electron chi connectivity index (χ0n) is 10.7. The second-order valence-electron chi connectivity index (χ2n) is 4.35. The summed E-state index contributed by atoms with van der Waals surface area (Å²) in [4.78, 5) is 10.4. The standard InChI is InChI=1S/C14H10BrNO5/c15-11-3-1-9(5-12(11)16(17)18)7-19-10-2-4-13-14(6-10)21-8-20-13/h1-6H,7-8H2. The maximum atomic E-state index is 10.9. The second kappa shape index (κ2) is 5.61. The highest BCUT2D eigenvalue weighted by Crippen LogP contribution is 2.35. The smallest absolute Gasteiger partial charge is 0.283 e. The van der Waals surface area contributed by atoms with Crippen LogP contribution in [0.15, 0.2) is 40.9 Å². The Bertz CT molecular complexity index is 704. The van der Waals surface area contributed by atoms with Crippen molar-refractivity contribution in [2.24, 2.45) is 0 Å². The van der Waals surface area contributed by atoms with Crippen LogP contribution in [0.4, 0.5) is 5.69 Å². The summed E-state index contributed by atoms with van der Waals surface area (Å²) in [6.07, 6.45) is 0. The van der Waals surface area contributed by atoms with E-state index in [9.17, 15) is 10.1 Å². The predicted octanol–water partition coefficient (Wildman–Crippen LogP) is 3.67. The number of hydrogen-bond acceptors (Lipinski definition) is 5. The third-order valence-corrected chi connectivity index (χ3v) is 3.63. The minimum absolute atomic E-state index is 0.0155.